The van der Waals surface area contributed by atoms with Gasteiger partial charge < -0.3 is 4.57 Å². The fourth-order valence-electron chi connectivity index (χ4n) is 1.44. The first kappa shape index (κ1) is 9.00. The average Bonchev–Trinajstić information content (AvgIpc) is 2.72. The number of halogens is 1. The van der Waals surface area contributed by atoms with E-state index >= 15 is 0 Å². The maximum absolute atomic E-state index is 5.71. The predicted molar refractivity (Wildman–Crippen MR) is 51.6 cm³/mol. The van der Waals surface area contributed by atoms with Crippen LogP contribution in [0.15, 0.2) is 0 Å². The van der Waals surface area contributed by atoms with Crippen molar-refractivity contribution >= 4 is 11.6 Å². The SMILES string of the molecule is Cn1c(CCl)nnc1CC1(C)CC1. The van der Waals surface area contributed by atoms with Crippen molar-refractivity contribution in [2.45, 2.75) is 32.1 Å². The zero-order chi connectivity index (χ0) is 9.47. The molecule has 0 amide bonds. The van der Waals surface area contributed by atoms with E-state index in [1.807, 2.05) is 11.6 Å². The molecule has 1 aromatic rings. The van der Waals surface area contributed by atoms with Crippen molar-refractivity contribution in [3.05, 3.63) is 11.6 Å². The molecule has 1 aliphatic carbocycles. The lowest BCUT2D eigenvalue weighted by Gasteiger charge is -2.06. The molecule has 3 nitrogen and oxygen atoms in total. The maximum atomic E-state index is 5.71. The summed E-state index contributed by atoms with van der Waals surface area (Å²) in [5.74, 6) is 2.37. The van der Waals surface area contributed by atoms with Crippen LogP contribution in [0.5, 0.6) is 0 Å². The summed E-state index contributed by atoms with van der Waals surface area (Å²) in [7, 11) is 1.98. The van der Waals surface area contributed by atoms with E-state index in [0.717, 1.165) is 18.1 Å². The third-order valence-electron chi connectivity index (χ3n) is 2.86. The molecule has 1 heterocycles. The molecule has 0 spiro atoms. The highest BCUT2D eigenvalue weighted by molar-refractivity contribution is 6.16. The van der Waals surface area contributed by atoms with Gasteiger partial charge in [0.05, 0.1) is 5.88 Å². The summed E-state index contributed by atoms with van der Waals surface area (Å²) in [6.45, 7) is 2.29. The molecule has 1 aliphatic rings. The minimum atomic E-state index is 0.445. The molecular weight excluding hydrogens is 186 g/mol. The summed E-state index contributed by atoms with van der Waals surface area (Å²) >= 11 is 5.71. The van der Waals surface area contributed by atoms with Crippen molar-refractivity contribution in [3.8, 4) is 0 Å². The molecule has 0 unspecified atom stereocenters. The summed E-state index contributed by atoms with van der Waals surface area (Å²) < 4.78 is 2.01. The van der Waals surface area contributed by atoms with Crippen LogP contribution in [0, 0.1) is 5.41 Å². The smallest absolute Gasteiger partial charge is 0.147 e. The van der Waals surface area contributed by atoms with E-state index in [1.165, 1.54) is 12.8 Å². The van der Waals surface area contributed by atoms with Crippen molar-refractivity contribution in [1.82, 2.24) is 14.8 Å². The maximum Gasteiger partial charge on any atom is 0.147 e. The molecule has 0 aliphatic heterocycles. The van der Waals surface area contributed by atoms with E-state index in [0.29, 0.717) is 11.3 Å². The van der Waals surface area contributed by atoms with Gasteiger partial charge in [0.25, 0.3) is 0 Å². The Morgan fingerprint density at radius 2 is 2.00 bits per heavy atom. The van der Waals surface area contributed by atoms with Gasteiger partial charge in [0.15, 0.2) is 0 Å². The molecule has 0 aromatic carbocycles. The monoisotopic (exact) mass is 199 g/mol. The Morgan fingerprint density at radius 3 is 2.46 bits per heavy atom. The van der Waals surface area contributed by atoms with Crippen LogP contribution in [0.3, 0.4) is 0 Å². The van der Waals surface area contributed by atoms with Gasteiger partial charge in [-0.25, -0.2) is 0 Å². The Bertz CT molecular complexity index is 315. The van der Waals surface area contributed by atoms with Gasteiger partial charge in [-0.1, -0.05) is 6.92 Å². The normalized spacial score (nSPS) is 19.0. The van der Waals surface area contributed by atoms with E-state index < -0.39 is 0 Å². The molecule has 0 atom stereocenters. The molecule has 72 valence electrons. The Labute approximate surface area is 83.1 Å². The topological polar surface area (TPSA) is 30.7 Å². The lowest BCUT2D eigenvalue weighted by molar-refractivity contribution is 0.535. The largest absolute Gasteiger partial charge is 0.317 e. The zero-order valence-electron chi connectivity index (χ0n) is 8.05. The van der Waals surface area contributed by atoms with E-state index in [4.69, 9.17) is 11.6 Å². The quantitative estimate of drug-likeness (QED) is 0.697. The first-order chi connectivity index (χ1) is 6.14. The van der Waals surface area contributed by atoms with E-state index in [2.05, 4.69) is 17.1 Å². The number of hydrogen-bond acceptors (Lipinski definition) is 2. The van der Waals surface area contributed by atoms with Crippen LogP contribution in [0.25, 0.3) is 0 Å². The fraction of sp³-hybridized carbons (Fsp3) is 0.778. The second-order valence-electron chi connectivity index (χ2n) is 4.21. The highest BCUT2D eigenvalue weighted by Gasteiger charge is 2.38. The fourth-order valence-corrected chi connectivity index (χ4v) is 1.67. The van der Waals surface area contributed by atoms with Gasteiger partial charge in [-0.15, -0.1) is 21.8 Å². The van der Waals surface area contributed by atoms with E-state index in [-0.39, 0.29) is 0 Å². The highest BCUT2D eigenvalue weighted by atomic mass is 35.5. The van der Waals surface area contributed by atoms with Gasteiger partial charge in [-0.3, -0.25) is 0 Å². The summed E-state index contributed by atoms with van der Waals surface area (Å²) in [5, 5.41) is 8.17. The Kier molecular flexibility index (Phi) is 2.06. The number of nitrogens with zero attached hydrogens (tertiary/aromatic N) is 3. The minimum Gasteiger partial charge on any atom is -0.317 e. The molecular formula is C9H14ClN3. The molecule has 1 saturated carbocycles. The van der Waals surface area contributed by atoms with Crippen LogP contribution < -0.4 is 0 Å². The van der Waals surface area contributed by atoms with Crippen LogP contribution in [0.2, 0.25) is 0 Å². The van der Waals surface area contributed by atoms with Gasteiger partial charge in [-0.2, -0.15) is 0 Å². The van der Waals surface area contributed by atoms with Gasteiger partial charge in [0.1, 0.15) is 11.6 Å². The van der Waals surface area contributed by atoms with Crippen molar-refractivity contribution < 1.29 is 0 Å². The van der Waals surface area contributed by atoms with Crippen molar-refractivity contribution in [1.29, 1.82) is 0 Å². The van der Waals surface area contributed by atoms with Crippen LogP contribution in [0.4, 0.5) is 0 Å². The first-order valence-corrected chi connectivity index (χ1v) is 5.11. The molecule has 0 bridgehead atoms. The van der Waals surface area contributed by atoms with Crippen molar-refractivity contribution in [2.24, 2.45) is 12.5 Å². The summed E-state index contributed by atoms with van der Waals surface area (Å²) in [6, 6.07) is 0. The lowest BCUT2D eigenvalue weighted by Crippen LogP contribution is -2.07. The molecule has 1 aromatic heterocycles. The number of alkyl halides is 1. The molecule has 0 radical (unpaired) electrons. The highest BCUT2D eigenvalue weighted by Crippen LogP contribution is 2.47. The van der Waals surface area contributed by atoms with Gasteiger partial charge in [0.2, 0.25) is 0 Å². The molecule has 0 saturated heterocycles. The summed E-state index contributed by atoms with van der Waals surface area (Å²) in [4.78, 5) is 0. The second kappa shape index (κ2) is 2.98. The molecule has 0 N–H and O–H groups in total. The Balaban J connectivity index is 2.16. The van der Waals surface area contributed by atoms with E-state index in [9.17, 15) is 0 Å². The third kappa shape index (κ3) is 1.70. The average molecular weight is 200 g/mol. The van der Waals surface area contributed by atoms with Crippen molar-refractivity contribution in [2.75, 3.05) is 0 Å². The van der Waals surface area contributed by atoms with Crippen LogP contribution in [-0.4, -0.2) is 14.8 Å². The van der Waals surface area contributed by atoms with Crippen molar-refractivity contribution in [3.63, 3.8) is 0 Å². The number of aromatic nitrogens is 3. The Hall–Kier alpha value is -0.570. The minimum absolute atomic E-state index is 0.445. The first-order valence-electron chi connectivity index (χ1n) is 4.58. The van der Waals surface area contributed by atoms with Crippen LogP contribution >= 0.6 is 11.6 Å². The third-order valence-corrected chi connectivity index (χ3v) is 3.10. The number of hydrogen-bond donors (Lipinski definition) is 0. The zero-order valence-corrected chi connectivity index (χ0v) is 8.80. The summed E-state index contributed by atoms with van der Waals surface area (Å²) in [6.07, 6.45) is 3.67. The van der Waals surface area contributed by atoms with Crippen LogP contribution in [0.1, 0.15) is 31.4 Å². The molecule has 1 fully saturated rings. The molecule has 2 rings (SSSR count). The van der Waals surface area contributed by atoms with Gasteiger partial charge >= 0.3 is 0 Å². The van der Waals surface area contributed by atoms with E-state index in [1.54, 1.807) is 0 Å². The van der Waals surface area contributed by atoms with Gasteiger partial charge in [-0.05, 0) is 18.3 Å². The second-order valence-corrected chi connectivity index (χ2v) is 4.48. The standard InChI is InChI=1S/C9H14ClN3/c1-9(3-4-9)5-7-11-12-8(6-10)13(7)2/h3-6H2,1-2H3. The number of rotatable bonds is 3. The van der Waals surface area contributed by atoms with Crippen LogP contribution in [-0.2, 0) is 19.3 Å². The molecule has 13 heavy (non-hydrogen) atoms. The Morgan fingerprint density at radius 1 is 1.38 bits per heavy atom. The van der Waals surface area contributed by atoms with Gasteiger partial charge in [0, 0.05) is 13.5 Å². The predicted octanol–water partition coefficient (Wildman–Crippen LogP) is 1.90. The summed E-state index contributed by atoms with van der Waals surface area (Å²) in [5.41, 5.74) is 0.490. The molecule has 4 heteroatoms. The lowest BCUT2D eigenvalue weighted by atomic mass is 10.1.